The number of carbonyl (C=O) groups is 1. The first-order valence-corrected chi connectivity index (χ1v) is 11.3. The van der Waals surface area contributed by atoms with Gasteiger partial charge < -0.3 is 10.1 Å². The molecule has 4 rings (SSSR count). The van der Waals surface area contributed by atoms with Gasteiger partial charge in [-0.3, -0.25) is 14.3 Å². The van der Waals surface area contributed by atoms with Crippen molar-refractivity contribution >= 4 is 23.4 Å². The minimum absolute atomic E-state index is 0.138. The van der Waals surface area contributed by atoms with Crippen LogP contribution in [0.4, 0.5) is 10.1 Å². The van der Waals surface area contributed by atoms with E-state index in [1.165, 1.54) is 23.9 Å². The van der Waals surface area contributed by atoms with Gasteiger partial charge in [-0.1, -0.05) is 23.9 Å². The number of halogens is 1. The molecule has 9 heteroatoms. The van der Waals surface area contributed by atoms with Crippen molar-refractivity contribution < 1.29 is 13.9 Å². The summed E-state index contributed by atoms with van der Waals surface area (Å²) in [5.41, 5.74) is 1.74. The molecule has 1 N–H and O–H groups in total. The second-order valence-electron chi connectivity index (χ2n) is 7.04. The van der Waals surface area contributed by atoms with Gasteiger partial charge in [0.25, 0.3) is 0 Å². The molecule has 0 radical (unpaired) electrons. The van der Waals surface area contributed by atoms with Crippen LogP contribution in [0.25, 0.3) is 17.1 Å². The van der Waals surface area contributed by atoms with E-state index in [-0.39, 0.29) is 11.6 Å². The van der Waals surface area contributed by atoms with Gasteiger partial charge >= 0.3 is 0 Å². The van der Waals surface area contributed by atoms with Crippen LogP contribution in [0.1, 0.15) is 13.8 Å². The lowest BCUT2D eigenvalue weighted by molar-refractivity contribution is -0.115. The summed E-state index contributed by atoms with van der Waals surface area (Å²) in [4.78, 5) is 16.9. The molecular weight excluding hydrogens is 441 g/mol. The fraction of sp³-hybridized carbons (Fsp3) is 0.167. The normalized spacial score (nSPS) is 11.7. The van der Waals surface area contributed by atoms with Gasteiger partial charge in [-0.15, -0.1) is 10.2 Å². The highest BCUT2D eigenvalue weighted by Crippen LogP contribution is 2.31. The topological polar surface area (TPSA) is 81.9 Å². The van der Waals surface area contributed by atoms with E-state index in [0.717, 1.165) is 17.0 Å². The first-order valence-electron chi connectivity index (χ1n) is 10.4. The number of thioether (sulfide) groups is 1. The maximum absolute atomic E-state index is 13.9. The quantitative estimate of drug-likeness (QED) is 0.371. The average molecular weight is 464 g/mol. The molecule has 0 aliphatic heterocycles. The Morgan fingerprint density at radius 3 is 2.61 bits per heavy atom. The number of benzene rings is 2. The van der Waals surface area contributed by atoms with Gasteiger partial charge in [-0.05, 0) is 62.4 Å². The predicted octanol–water partition coefficient (Wildman–Crippen LogP) is 4.99. The third kappa shape index (κ3) is 5.20. The molecule has 7 nitrogen and oxygen atoms in total. The van der Waals surface area contributed by atoms with Crippen LogP contribution in [0, 0.1) is 5.82 Å². The third-order valence-electron chi connectivity index (χ3n) is 4.74. The average Bonchev–Trinajstić information content (AvgIpc) is 3.25. The molecule has 2 aromatic carbocycles. The first-order chi connectivity index (χ1) is 16.1. The smallest absolute Gasteiger partial charge is 0.237 e. The molecule has 0 aliphatic rings. The molecule has 1 unspecified atom stereocenters. The highest BCUT2D eigenvalue weighted by molar-refractivity contribution is 8.00. The van der Waals surface area contributed by atoms with Crippen LogP contribution in [0.2, 0.25) is 0 Å². The highest BCUT2D eigenvalue weighted by Gasteiger charge is 2.22. The highest BCUT2D eigenvalue weighted by atomic mass is 32.2. The Kier molecular flexibility index (Phi) is 6.99. The molecule has 2 aromatic heterocycles. The van der Waals surface area contributed by atoms with Crippen molar-refractivity contribution in [1.29, 1.82) is 0 Å². The molecule has 1 amide bonds. The summed E-state index contributed by atoms with van der Waals surface area (Å²) in [7, 11) is 0. The van der Waals surface area contributed by atoms with Crippen LogP contribution in [0.5, 0.6) is 5.75 Å². The molecular formula is C24H22FN5O2S. The van der Waals surface area contributed by atoms with Crippen molar-refractivity contribution in [1.82, 2.24) is 19.7 Å². The van der Waals surface area contributed by atoms with Crippen molar-refractivity contribution in [2.24, 2.45) is 0 Å². The van der Waals surface area contributed by atoms with Crippen LogP contribution < -0.4 is 10.1 Å². The standard InChI is InChI=1S/C24H22FN5O2S/c1-3-32-19-12-10-18(11-13-19)30-22(17-7-6-14-26-15-17)28-29-24(30)33-16(2)23(31)27-21-9-5-4-8-20(21)25/h4-16H,3H2,1-2H3,(H,27,31). The minimum Gasteiger partial charge on any atom is -0.494 e. The second kappa shape index (κ2) is 10.3. The minimum atomic E-state index is -0.558. The Labute approximate surface area is 195 Å². The lowest BCUT2D eigenvalue weighted by atomic mass is 10.2. The Hall–Kier alpha value is -3.72. The van der Waals surface area contributed by atoms with Crippen molar-refractivity contribution in [3.63, 3.8) is 0 Å². The van der Waals surface area contributed by atoms with E-state index in [1.807, 2.05) is 47.9 Å². The Morgan fingerprint density at radius 2 is 1.91 bits per heavy atom. The van der Waals surface area contributed by atoms with Gasteiger partial charge in [0.2, 0.25) is 5.91 Å². The molecule has 0 saturated carbocycles. The van der Waals surface area contributed by atoms with E-state index in [1.54, 1.807) is 31.5 Å². The number of ether oxygens (including phenoxy) is 1. The first kappa shape index (κ1) is 22.5. The predicted molar refractivity (Wildman–Crippen MR) is 126 cm³/mol. The number of hydrogen-bond donors (Lipinski definition) is 1. The number of carbonyl (C=O) groups excluding carboxylic acids is 1. The number of rotatable bonds is 8. The molecule has 4 aromatic rings. The van der Waals surface area contributed by atoms with E-state index in [2.05, 4.69) is 20.5 Å². The lowest BCUT2D eigenvalue weighted by Gasteiger charge is -2.14. The maximum atomic E-state index is 13.9. The van der Waals surface area contributed by atoms with Crippen LogP contribution in [0.3, 0.4) is 0 Å². The second-order valence-corrected chi connectivity index (χ2v) is 8.35. The van der Waals surface area contributed by atoms with Crippen LogP contribution in [-0.4, -0.2) is 37.5 Å². The number of nitrogens with one attached hydrogen (secondary N) is 1. The number of anilines is 1. The zero-order valence-electron chi connectivity index (χ0n) is 18.1. The third-order valence-corrected chi connectivity index (χ3v) is 5.78. The summed E-state index contributed by atoms with van der Waals surface area (Å²) in [5, 5.41) is 11.3. The number of pyridine rings is 1. The summed E-state index contributed by atoms with van der Waals surface area (Å²) < 4.78 is 21.4. The summed E-state index contributed by atoms with van der Waals surface area (Å²) in [6, 6.07) is 17.3. The molecule has 33 heavy (non-hydrogen) atoms. The lowest BCUT2D eigenvalue weighted by Crippen LogP contribution is -2.23. The van der Waals surface area contributed by atoms with Gasteiger partial charge in [0.05, 0.1) is 17.5 Å². The Bertz CT molecular complexity index is 1230. The van der Waals surface area contributed by atoms with Crippen molar-refractivity contribution in [2.75, 3.05) is 11.9 Å². The number of nitrogens with zero attached hydrogens (tertiary/aromatic N) is 4. The molecule has 0 bridgehead atoms. The van der Waals surface area contributed by atoms with E-state index >= 15 is 0 Å². The fourth-order valence-electron chi connectivity index (χ4n) is 3.13. The number of para-hydroxylation sites is 1. The fourth-order valence-corrected chi connectivity index (χ4v) is 4.00. The molecule has 1 atom stereocenters. The molecule has 2 heterocycles. The van der Waals surface area contributed by atoms with Crippen LogP contribution in [0.15, 0.2) is 78.2 Å². The van der Waals surface area contributed by atoms with Crippen molar-refractivity contribution in [3.05, 3.63) is 78.9 Å². The van der Waals surface area contributed by atoms with E-state index in [9.17, 15) is 9.18 Å². The monoisotopic (exact) mass is 463 g/mol. The SMILES string of the molecule is CCOc1ccc(-n2c(SC(C)C(=O)Nc3ccccc3F)nnc2-c2cccnc2)cc1. The zero-order chi connectivity index (χ0) is 23.2. The van der Waals surface area contributed by atoms with E-state index in [4.69, 9.17) is 4.74 Å². The van der Waals surface area contributed by atoms with Gasteiger partial charge in [0, 0.05) is 23.6 Å². The Morgan fingerprint density at radius 1 is 1.12 bits per heavy atom. The maximum Gasteiger partial charge on any atom is 0.237 e. The summed E-state index contributed by atoms with van der Waals surface area (Å²) in [6.45, 7) is 4.24. The zero-order valence-corrected chi connectivity index (χ0v) is 18.9. The van der Waals surface area contributed by atoms with E-state index < -0.39 is 11.1 Å². The van der Waals surface area contributed by atoms with Gasteiger partial charge in [-0.25, -0.2) is 4.39 Å². The van der Waals surface area contributed by atoms with Gasteiger partial charge in [-0.2, -0.15) is 0 Å². The molecule has 0 saturated heterocycles. The molecule has 168 valence electrons. The largest absolute Gasteiger partial charge is 0.494 e. The number of hydrogen-bond acceptors (Lipinski definition) is 6. The Balaban J connectivity index is 1.64. The number of aromatic nitrogens is 4. The summed E-state index contributed by atoms with van der Waals surface area (Å²) in [6.07, 6.45) is 3.39. The molecule has 0 aliphatic carbocycles. The summed E-state index contributed by atoms with van der Waals surface area (Å²) >= 11 is 1.23. The van der Waals surface area contributed by atoms with E-state index in [0.29, 0.717) is 17.6 Å². The van der Waals surface area contributed by atoms with Crippen molar-refractivity contribution in [2.45, 2.75) is 24.3 Å². The van der Waals surface area contributed by atoms with Crippen LogP contribution >= 0.6 is 11.8 Å². The van der Waals surface area contributed by atoms with Crippen LogP contribution in [-0.2, 0) is 4.79 Å². The summed E-state index contributed by atoms with van der Waals surface area (Å²) in [5.74, 6) is 0.523. The van der Waals surface area contributed by atoms with Crippen molar-refractivity contribution in [3.8, 4) is 22.8 Å². The molecule has 0 fully saturated rings. The molecule has 0 spiro atoms. The van der Waals surface area contributed by atoms with Gasteiger partial charge in [0.15, 0.2) is 11.0 Å². The number of amides is 1. The van der Waals surface area contributed by atoms with Gasteiger partial charge in [0.1, 0.15) is 11.6 Å².